The molecule has 1 aromatic carbocycles. The Hall–Kier alpha value is -2.42. The summed E-state index contributed by atoms with van der Waals surface area (Å²) in [5.41, 5.74) is 3.19. The Morgan fingerprint density at radius 1 is 0.889 bits per heavy atom. The predicted octanol–water partition coefficient (Wildman–Crippen LogP) is 3.15. The third-order valence-electron chi connectivity index (χ3n) is 2.90. The van der Waals surface area contributed by atoms with Crippen LogP contribution in [0.2, 0.25) is 0 Å². The number of pyridine rings is 1. The van der Waals surface area contributed by atoms with Gasteiger partial charge in [-0.3, -0.25) is 4.98 Å². The first kappa shape index (κ1) is 10.7. The van der Waals surface area contributed by atoms with Crippen LogP contribution in [0.4, 0.5) is 0 Å². The average Bonchev–Trinajstić information content (AvgIpc) is 2.86. The highest BCUT2D eigenvalue weighted by Gasteiger charge is 2.05. The Morgan fingerprint density at radius 2 is 1.78 bits per heavy atom. The number of aromatic nitrogens is 3. The second kappa shape index (κ2) is 4.45. The molecule has 0 aliphatic carbocycles. The lowest BCUT2D eigenvalue weighted by Crippen LogP contribution is -1.91. The molecule has 0 fully saturated rings. The minimum atomic E-state index is 0.966. The maximum Gasteiger partial charge on any atom is 0.139 e. The van der Waals surface area contributed by atoms with Gasteiger partial charge < -0.3 is 4.57 Å². The molecule has 2 aromatic heterocycles. The third kappa shape index (κ3) is 1.91. The molecule has 88 valence electrons. The molecule has 3 nitrogen and oxygen atoms in total. The summed E-state index contributed by atoms with van der Waals surface area (Å²) >= 11 is 0. The van der Waals surface area contributed by atoms with Crippen molar-refractivity contribution >= 4 is 0 Å². The summed E-state index contributed by atoms with van der Waals surface area (Å²) in [6.45, 7) is 0. The molecule has 3 aromatic rings. The zero-order valence-corrected chi connectivity index (χ0v) is 10.1. The van der Waals surface area contributed by atoms with Crippen molar-refractivity contribution in [3.05, 3.63) is 61.1 Å². The standard InChI is InChI=1S/C15H13N3/c1-18-10-9-17-15(18)13-6-4-5-12(11-13)14-7-2-3-8-16-14/h2-11H,1H3. The summed E-state index contributed by atoms with van der Waals surface area (Å²) in [5, 5.41) is 0. The molecule has 0 aliphatic rings. The smallest absolute Gasteiger partial charge is 0.139 e. The van der Waals surface area contributed by atoms with E-state index in [0.29, 0.717) is 0 Å². The minimum Gasteiger partial charge on any atom is -0.334 e. The highest BCUT2D eigenvalue weighted by Crippen LogP contribution is 2.23. The van der Waals surface area contributed by atoms with E-state index in [4.69, 9.17) is 0 Å². The van der Waals surface area contributed by atoms with Crippen molar-refractivity contribution in [3.8, 4) is 22.6 Å². The lowest BCUT2D eigenvalue weighted by molar-refractivity contribution is 0.925. The van der Waals surface area contributed by atoms with Crippen molar-refractivity contribution in [1.29, 1.82) is 0 Å². The molecule has 0 unspecified atom stereocenters. The maximum absolute atomic E-state index is 4.37. The number of rotatable bonds is 2. The first-order valence-electron chi connectivity index (χ1n) is 5.84. The lowest BCUT2D eigenvalue weighted by atomic mass is 10.1. The van der Waals surface area contributed by atoms with Gasteiger partial charge in [-0.15, -0.1) is 0 Å². The Labute approximate surface area is 106 Å². The minimum absolute atomic E-state index is 0.966. The van der Waals surface area contributed by atoms with Crippen molar-refractivity contribution < 1.29 is 0 Å². The maximum atomic E-state index is 4.37. The molecule has 18 heavy (non-hydrogen) atoms. The fraction of sp³-hybridized carbons (Fsp3) is 0.0667. The van der Waals surface area contributed by atoms with Gasteiger partial charge in [0.1, 0.15) is 5.82 Å². The van der Waals surface area contributed by atoms with Gasteiger partial charge in [-0.25, -0.2) is 4.98 Å². The van der Waals surface area contributed by atoms with Crippen molar-refractivity contribution in [2.45, 2.75) is 0 Å². The molecule has 0 radical (unpaired) electrons. The Balaban J connectivity index is 2.08. The van der Waals surface area contributed by atoms with E-state index in [1.54, 1.807) is 0 Å². The summed E-state index contributed by atoms with van der Waals surface area (Å²) in [6, 6.07) is 14.2. The molecule has 3 heteroatoms. The third-order valence-corrected chi connectivity index (χ3v) is 2.90. The SMILES string of the molecule is Cn1ccnc1-c1cccc(-c2ccccn2)c1. The van der Waals surface area contributed by atoms with Gasteiger partial charge in [0.2, 0.25) is 0 Å². The molecule has 3 rings (SSSR count). The molecule has 0 saturated heterocycles. The van der Waals surface area contributed by atoms with E-state index in [2.05, 4.69) is 28.2 Å². The Kier molecular flexibility index (Phi) is 2.65. The van der Waals surface area contributed by atoms with E-state index in [1.807, 2.05) is 54.5 Å². The molecule has 0 bridgehead atoms. The predicted molar refractivity (Wildman–Crippen MR) is 71.9 cm³/mol. The van der Waals surface area contributed by atoms with Crippen molar-refractivity contribution in [3.63, 3.8) is 0 Å². The number of imidazole rings is 1. The van der Waals surface area contributed by atoms with Crippen molar-refractivity contribution in [2.24, 2.45) is 7.05 Å². The van der Waals surface area contributed by atoms with Gasteiger partial charge in [0, 0.05) is 36.8 Å². The molecule has 0 amide bonds. The van der Waals surface area contributed by atoms with Crippen LogP contribution in [0.1, 0.15) is 0 Å². The van der Waals surface area contributed by atoms with Gasteiger partial charge in [-0.1, -0.05) is 24.3 Å². The van der Waals surface area contributed by atoms with Gasteiger partial charge in [0.25, 0.3) is 0 Å². The summed E-state index contributed by atoms with van der Waals surface area (Å²) in [6.07, 6.45) is 5.56. The van der Waals surface area contributed by atoms with E-state index >= 15 is 0 Å². The molecule has 0 aliphatic heterocycles. The van der Waals surface area contributed by atoms with E-state index in [9.17, 15) is 0 Å². The van der Waals surface area contributed by atoms with Crippen LogP contribution in [-0.4, -0.2) is 14.5 Å². The first-order valence-corrected chi connectivity index (χ1v) is 5.84. The first-order chi connectivity index (χ1) is 8.84. The van der Waals surface area contributed by atoms with Gasteiger partial charge in [-0.2, -0.15) is 0 Å². The highest BCUT2D eigenvalue weighted by molar-refractivity contribution is 5.67. The zero-order chi connectivity index (χ0) is 12.4. The summed E-state index contributed by atoms with van der Waals surface area (Å²) in [4.78, 5) is 8.73. The van der Waals surface area contributed by atoms with Crippen molar-refractivity contribution in [2.75, 3.05) is 0 Å². The molecule has 0 spiro atoms. The number of aryl methyl sites for hydroxylation is 1. The quantitative estimate of drug-likeness (QED) is 0.683. The molecule has 0 atom stereocenters. The second-order valence-corrected chi connectivity index (χ2v) is 4.16. The normalized spacial score (nSPS) is 10.5. The van der Waals surface area contributed by atoms with Gasteiger partial charge in [0.05, 0.1) is 5.69 Å². The van der Waals surface area contributed by atoms with Crippen LogP contribution < -0.4 is 0 Å². The lowest BCUT2D eigenvalue weighted by Gasteiger charge is -2.05. The molecular weight excluding hydrogens is 222 g/mol. The molecule has 0 N–H and O–H groups in total. The fourth-order valence-electron chi connectivity index (χ4n) is 1.99. The van der Waals surface area contributed by atoms with Crippen LogP contribution in [-0.2, 0) is 7.05 Å². The molecular formula is C15H13N3. The fourth-order valence-corrected chi connectivity index (χ4v) is 1.99. The highest BCUT2D eigenvalue weighted by atomic mass is 15.0. The van der Waals surface area contributed by atoms with Crippen LogP contribution >= 0.6 is 0 Å². The van der Waals surface area contributed by atoms with E-state index in [0.717, 1.165) is 22.6 Å². The van der Waals surface area contributed by atoms with E-state index in [1.165, 1.54) is 0 Å². The van der Waals surface area contributed by atoms with Crippen molar-refractivity contribution in [1.82, 2.24) is 14.5 Å². The largest absolute Gasteiger partial charge is 0.334 e. The Morgan fingerprint density at radius 3 is 2.50 bits per heavy atom. The summed E-state index contributed by atoms with van der Waals surface area (Å²) < 4.78 is 2.01. The zero-order valence-electron chi connectivity index (χ0n) is 10.1. The summed E-state index contributed by atoms with van der Waals surface area (Å²) in [5.74, 6) is 0.966. The average molecular weight is 235 g/mol. The number of benzene rings is 1. The van der Waals surface area contributed by atoms with Gasteiger partial charge >= 0.3 is 0 Å². The molecule has 2 heterocycles. The molecule has 0 saturated carbocycles. The van der Waals surface area contributed by atoms with Crippen LogP contribution in [0.5, 0.6) is 0 Å². The summed E-state index contributed by atoms with van der Waals surface area (Å²) in [7, 11) is 2.00. The van der Waals surface area contributed by atoms with Gasteiger partial charge in [0.15, 0.2) is 0 Å². The monoisotopic (exact) mass is 235 g/mol. The van der Waals surface area contributed by atoms with Gasteiger partial charge in [-0.05, 0) is 18.2 Å². The van der Waals surface area contributed by atoms with Crippen LogP contribution in [0.3, 0.4) is 0 Å². The number of hydrogen-bond donors (Lipinski definition) is 0. The van der Waals surface area contributed by atoms with Crippen LogP contribution in [0.25, 0.3) is 22.6 Å². The number of nitrogens with zero attached hydrogens (tertiary/aromatic N) is 3. The van der Waals surface area contributed by atoms with Crippen LogP contribution in [0.15, 0.2) is 61.1 Å². The van der Waals surface area contributed by atoms with E-state index in [-0.39, 0.29) is 0 Å². The number of hydrogen-bond acceptors (Lipinski definition) is 2. The Bertz CT molecular complexity index is 656. The second-order valence-electron chi connectivity index (χ2n) is 4.16. The van der Waals surface area contributed by atoms with Crippen LogP contribution in [0, 0.1) is 0 Å². The van der Waals surface area contributed by atoms with E-state index < -0.39 is 0 Å². The topological polar surface area (TPSA) is 30.7 Å².